The number of hydrogen-bond acceptors (Lipinski definition) is 6. The highest BCUT2D eigenvalue weighted by molar-refractivity contribution is 6.00. The summed E-state index contributed by atoms with van der Waals surface area (Å²) in [6.45, 7) is 0.0797. The summed E-state index contributed by atoms with van der Waals surface area (Å²) in [5.74, 6) is -1.43. The van der Waals surface area contributed by atoms with Crippen molar-refractivity contribution >= 4 is 23.3 Å². The van der Waals surface area contributed by atoms with Crippen molar-refractivity contribution in [1.29, 1.82) is 0 Å². The summed E-state index contributed by atoms with van der Waals surface area (Å²) >= 11 is 0. The van der Waals surface area contributed by atoms with Crippen molar-refractivity contribution in [2.75, 3.05) is 18.6 Å². The van der Waals surface area contributed by atoms with Gasteiger partial charge in [0.25, 0.3) is 0 Å². The normalized spacial score (nSPS) is 18.5. The van der Waals surface area contributed by atoms with E-state index in [0.717, 1.165) is 6.20 Å². The van der Waals surface area contributed by atoms with Gasteiger partial charge in [0.15, 0.2) is 0 Å². The summed E-state index contributed by atoms with van der Waals surface area (Å²) in [5, 5.41) is 10.9. The number of carbonyl (C=O) groups is 2. The van der Waals surface area contributed by atoms with E-state index in [1.54, 1.807) is 0 Å². The zero-order valence-electron chi connectivity index (χ0n) is 10.1. The minimum atomic E-state index is -0.610. The molecule has 0 radical (unpaired) electrons. The molecule has 0 spiro atoms. The van der Waals surface area contributed by atoms with Gasteiger partial charge in [-0.3, -0.25) is 24.7 Å². The average molecular weight is 265 g/mol. The zero-order chi connectivity index (χ0) is 14.0. The molecule has 2 rings (SSSR count). The summed E-state index contributed by atoms with van der Waals surface area (Å²) in [6, 6.07) is 1.38. The number of pyridine rings is 1. The average Bonchev–Trinajstić information content (AvgIpc) is 2.79. The SMILES string of the molecule is COC(=O)C1CC(=O)N(c2ccncc2[N+](=O)[O-])C1. The maximum Gasteiger partial charge on any atom is 0.311 e. The lowest BCUT2D eigenvalue weighted by molar-refractivity contribution is -0.384. The van der Waals surface area contributed by atoms with Gasteiger partial charge < -0.3 is 9.64 Å². The minimum absolute atomic E-state index is 0.00779. The number of carbonyl (C=O) groups excluding carboxylic acids is 2. The molecule has 1 aliphatic heterocycles. The van der Waals surface area contributed by atoms with Gasteiger partial charge in [0, 0.05) is 19.2 Å². The van der Waals surface area contributed by atoms with Gasteiger partial charge in [0.05, 0.1) is 18.0 Å². The minimum Gasteiger partial charge on any atom is -0.469 e. The number of anilines is 1. The monoisotopic (exact) mass is 265 g/mol. The first-order valence-electron chi connectivity index (χ1n) is 5.51. The van der Waals surface area contributed by atoms with E-state index in [1.165, 1.54) is 24.3 Å². The molecule has 1 saturated heterocycles. The second-order valence-electron chi connectivity index (χ2n) is 4.05. The molecular formula is C11H11N3O5. The highest BCUT2D eigenvalue weighted by Crippen LogP contribution is 2.32. The number of rotatable bonds is 3. The number of amides is 1. The van der Waals surface area contributed by atoms with Crippen LogP contribution in [0.3, 0.4) is 0 Å². The number of nitrogens with zero attached hydrogens (tertiary/aromatic N) is 3. The van der Waals surface area contributed by atoms with E-state index in [0.29, 0.717) is 0 Å². The molecule has 8 nitrogen and oxygen atoms in total. The van der Waals surface area contributed by atoms with Crippen LogP contribution in [0.1, 0.15) is 6.42 Å². The summed E-state index contributed by atoms with van der Waals surface area (Å²) < 4.78 is 4.58. The molecular weight excluding hydrogens is 254 g/mol. The van der Waals surface area contributed by atoms with E-state index >= 15 is 0 Å². The van der Waals surface area contributed by atoms with E-state index in [2.05, 4.69) is 9.72 Å². The largest absolute Gasteiger partial charge is 0.469 e. The smallest absolute Gasteiger partial charge is 0.311 e. The van der Waals surface area contributed by atoms with E-state index < -0.39 is 16.8 Å². The van der Waals surface area contributed by atoms with Gasteiger partial charge in [-0.25, -0.2) is 0 Å². The fourth-order valence-electron chi connectivity index (χ4n) is 2.01. The Bertz CT molecular complexity index is 545. The van der Waals surface area contributed by atoms with E-state index in [-0.39, 0.29) is 30.2 Å². The van der Waals surface area contributed by atoms with Crippen molar-refractivity contribution < 1.29 is 19.2 Å². The number of nitro groups is 1. The molecule has 1 aromatic heterocycles. The molecule has 2 heterocycles. The molecule has 0 aliphatic carbocycles. The first kappa shape index (κ1) is 12.9. The number of ether oxygens (including phenoxy) is 1. The van der Waals surface area contributed by atoms with Crippen LogP contribution in [-0.2, 0) is 14.3 Å². The van der Waals surface area contributed by atoms with Gasteiger partial charge in [0.2, 0.25) is 5.91 Å². The summed E-state index contributed by atoms with van der Waals surface area (Å²) in [4.78, 5) is 38.4. The number of aromatic nitrogens is 1. The van der Waals surface area contributed by atoms with Crippen LogP contribution in [0.5, 0.6) is 0 Å². The second kappa shape index (κ2) is 5.01. The zero-order valence-corrected chi connectivity index (χ0v) is 10.1. The molecule has 0 bridgehead atoms. The van der Waals surface area contributed by atoms with Crippen LogP contribution in [0, 0.1) is 16.0 Å². The van der Waals surface area contributed by atoms with Crippen molar-refractivity contribution in [2.45, 2.75) is 6.42 Å². The standard InChI is InChI=1S/C11H11N3O5/c1-19-11(16)7-4-10(15)13(6-7)8-2-3-12-5-9(8)14(17)18/h2-3,5,7H,4,6H2,1H3. The Labute approximate surface area is 108 Å². The lowest BCUT2D eigenvalue weighted by atomic mass is 10.1. The van der Waals surface area contributed by atoms with Gasteiger partial charge >= 0.3 is 11.7 Å². The fourth-order valence-corrected chi connectivity index (χ4v) is 2.01. The Hall–Kier alpha value is -2.51. The summed E-state index contributed by atoms with van der Waals surface area (Å²) in [6.07, 6.45) is 2.43. The van der Waals surface area contributed by atoms with Gasteiger partial charge in [-0.2, -0.15) is 0 Å². The second-order valence-corrected chi connectivity index (χ2v) is 4.05. The molecule has 1 fully saturated rings. The maximum absolute atomic E-state index is 11.9. The summed E-state index contributed by atoms with van der Waals surface area (Å²) in [5.41, 5.74) is -0.113. The molecule has 0 saturated carbocycles. The van der Waals surface area contributed by atoms with Gasteiger partial charge in [-0.15, -0.1) is 0 Å². The Balaban J connectivity index is 2.31. The third kappa shape index (κ3) is 2.37. The number of hydrogen-bond donors (Lipinski definition) is 0. The van der Waals surface area contributed by atoms with E-state index in [4.69, 9.17) is 0 Å². The molecule has 100 valence electrons. The van der Waals surface area contributed by atoms with E-state index in [1.807, 2.05) is 0 Å². The third-order valence-corrected chi connectivity index (χ3v) is 2.92. The molecule has 8 heteroatoms. The number of esters is 1. The van der Waals surface area contributed by atoms with Crippen molar-refractivity contribution in [1.82, 2.24) is 4.98 Å². The maximum atomic E-state index is 11.9. The van der Waals surface area contributed by atoms with Crippen LogP contribution in [0.4, 0.5) is 11.4 Å². The highest BCUT2D eigenvalue weighted by Gasteiger charge is 2.38. The Morgan fingerprint density at radius 2 is 2.37 bits per heavy atom. The predicted octanol–water partition coefficient (Wildman–Crippen LogP) is 0.516. The van der Waals surface area contributed by atoms with Crippen LogP contribution >= 0.6 is 0 Å². The van der Waals surface area contributed by atoms with Gasteiger partial charge in [-0.05, 0) is 6.07 Å². The van der Waals surface area contributed by atoms with E-state index in [9.17, 15) is 19.7 Å². The first-order valence-corrected chi connectivity index (χ1v) is 5.51. The summed E-state index contributed by atoms with van der Waals surface area (Å²) in [7, 11) is 1.24. The molecule has 0 N–H and O–H groups in total. The van der Waals surface area contributed by atoms with Crippen molar-refractivity contribution in [2.24, 2.45) is 5.92 Å². The quantitative estimate of drug-likeness (QED) is 0.448. The van der Waals surface area contributed by atoms with Gasteiger partial charge in [0.1, 0.15) is 11.9 Å². The molecule has 1 atom stereocenters. The molecule has 1 unspecified atom stereocenters. The Morgan fingerprint density at radius 3 is 3.00 bits per heavy atom. The van der Waals surface area contributed by atoms with Crippen molar-refractivity contribution in [3.05, 3.63) is 28.6 Å². The molecule has 19 heavy (non-hydrogen) atoms. The lowest BCUT2D eigenvalue weighted by Gasteiger charge is -2.15. The molecule has 1 aliphatic rings. The number of methoxy groups -OCH3 is 1. The fraction of sp³-hybridized carbons (Fsp3) is 0.364. The van der Waals surface area contributed by atoms with Crippen LogP contribution in [0.2, 0.25) is 0 Å². The molecule has 1 amide bonds. The van der Waals surface area contributed by atoms with Crippen LogP contribution in [-0.4, -0.2) is 35.4 Å². The highest BCUT2D eigenvalue weighted by atomic mass is 16.6. The third-order valence-electron chi connectivity index (χ3n) is 2.92. The lowest BCUT2D eigenvalue weighted by Crippen LogP contribution is -2.26. The molecule has 1 aromatic rings. The molecule has 0 aromatic carbocycles. The Morgan fingerprint density at radius 1 is 1.63 bits per heavy atom. The van der Waals surface area contributed by atoms with Gasteiger partial charge in [-0.1, -0.05) is 0 Å². The van der Waals surface area contributed by atoms with Crippen LogP contribution < -0.4 is 4.90 Å². The topological polar surface area (TPSA) is 103 Å². The Kier molecular flexibility index (Phi) is 3.41. The van der Waals surface area contributed by atoms with Crippen molar-refractivity contribution in [3.63, 3.8) is 0 Å². The predicted molar refractivity (Wildman–Crippen MR) is 63.4 cm³/mol. The van der Waals surface area contributed by atoms with Crippen LogP contribution in [0.15, 0.2) is 18.5 Å². The first-order chi connectivity index (χ1) is 9.04. The van der Waals surface area contributed by atoms with Crippen molar-refractivity contribution in [3.8, 4) is 0 Å². The van der Waals surface area contributed by atoms with Crippen LogP contribution in [0.25, 0.3) is 0 Å².